The number of hydrogen-bond acceptors (Lipinski definition) is 1. The summed E-state index contributed by atoms with van der Waals surface area (Å²) in [6.45, 7) is 15.6. The van der Waals surface area contributed by atoms with Crippen LogP contribution >= 0.6 is 0 Å². The zero-order valence-electron chi connectivity index (χ0n) is 21.6. The van der Waals surface area contributed by atoms with Crippen molar-refractivity contribution in [1.29, 1.82) is 0 Å². The van der Waals surface area contributed by atoms with Gasteiger partial charge in [-0.2, -0.15) is 0 Å². The molecule has 1 aliphatic carbocycles. The van der Waals surface area contributed by atoms with Gasteiger partial charge in [0.05, 0.1) is 5.69 Å². The summed E-state index contributed by atoms with van der Waals surface area (Å²) in [5.41, 5.74) is 11.7. The van der Waals surface area contributed by atoms with Crippen molar-refractivity contribution < 1.29 is 0 Å². The first-order chi connectivity index (χ1) is 16.9. The average molecular weight is 458 g/mol. The summed E-state index contributed by atoms with van der Waals surface area (Å²) in [5.74, 6) is 0.917. The first kappa shape index (κ1) is 23.2. The molecule has 1 unspecified atom stereocenters. The van der Waals surface area contributed by atoms with Crippen LogP contribution in [0.4, 0.5) is 17.1 Å². The second-order valence-electron chi connectivity index (χ2n) is 10.3. The Hall–Kier alpha value is -3.58. The number of para-hydroxylation sites is 2. The molecule has 0 aliphatic heterocycles. The second-order valence-corrected chi connectivity index (χ2v) is 10.3. The number of nitrogens with zero attached hydrogens (tertiary/aromatic N) is 1. The monoisotopic (exact) mass is 457 g/mol. The van der Waals surface area contributed by atoms with Gasteiger partial charge in [-0.3, -0.25) is 0 Å². The van der Waals surface area contributed by atoms with Crippen LogP contribution in [0.15, 0.2) is 97.1 Å². The fraction of sp³-hybridized carbons (Fsp3) is 0.235. The van der Waals surface area contributed by atoms with Crippen LogP contribution in [0.5, 0.6) is 0 Å². The van der Waals surface area contributed by atoms with Crippen molar-refractivity contribution in [3.8, 4) is 0 Å². The number of aryl methyl sites for hydroxylation is 2. The lowest BCUT2D eigenvalue weighted by molar-refractivity contribution is 0.792. The number of allylic oxidation sites excluding steroid dienone is 3. The van der Waals surface area contributed by atoms with Gasteiger partial charge >= 0.3 is 0 Å². The molecule has 1 heteroatoms. The van der Waals surface area contributed by atoms with Crippen molar-refractivity contribution in [2.75, 3.05) is 4.90 Å². The first-order valence-corrected chi connectivity index (χ1v) is 12.7. The van der Waals surface area contributed by atoms with E-state index in [1.165, 1.54) is 61.2 Å². The van der Waals surface area contributed by atoms with E-state index in [1.54, 1.807) is 0 Å². The molecule has 0 heterocycles. The Morgan fingerprint density at radius 2 is 1.37 bits per heavy atom. The van der Waals surface area contributed by atoms with Gasteiger partial charge < -0.3 is 4.90 Å². The molecular weight excluding hydrogens is 422 g/mol. The van der Waals surface area contributed by atoms with Crippen molar-refractivity contribution in [3.63, 3.8) is 0 Å². The van der Waals surface area contributed by atoms with Crippen molar-refractivity contribution in [2.45, 2.75) is 47.0 Å². The molecule has 0 amide bonds. The van der Waals surface area contributed by atoms with E-state index >= 15 is 0 Å². The first-order valence-electron chi connectivity index (χ1n) is 12.7. The molecule has 1 nitrogen and oxygen atoms in total. The molecule has 0 N–H and O–H groups in total. The largest absolute Gasteiger partial charge is 0.309 e. The molecule has 4 aromatic carbocycles. The van der Waals surface area contributed by atoms with Gasteiger partial charge in [0.2, 0.25) is 0 Å². The molecule has 0 spiro atoms. The highest BCUT2D eigenvalue weighted by Crippen LogP contribution is 2.50. The maximum absolute atomic E-state index is 4.36. The summed E-state index contributed by atoms with van der Waals surface area (Å²) in [6, 6.07) is 28.8. The maximum atomic E-state index is 4.36. The molecule has 0 saturated carbocycles. The molecule has 35 heavy (non-hydrogen) atoms. The summed E-state index contributed by atoms with van der Waals surface area (Å²) < 4.78 is 0. The predicted octanol–water partition coefficient (Wildman–Crippen LogP) is 10.0. The minimum atomic E-state index is 0.449. The van der Waals surface area contributed by atoms with Crippen molar-refractivity contribution >= 4 is 33.4 Å². The Morgan fingerprint density at radius 3 is 1.94 bits per heavy atom. The minimum absolute atomic E-state index is 0.449. The lowest BCUT2D eigenvalue weighted by Gasteiger charge is -2.30. The van der Waals surface area contributed by atoms with E-state index in [4.69, 9.17) is 0 Å². The van der Waals surface area contributed by atoms with Gasteiger partial charge in [0.15, 0.2) is 0 Å². The summed E-state index contributed by atoms with van der Waals surface area (Å²) in [5, 5.41) is 2.62. The molecule has 0 aromatic heterocycles. The quantitative estimate of drug-likeness (QED) is 0.288. The van der Waals surface area contributed by atoms with Gasteiger partial charge in [-0.05, 0) is 83.5 Å². The van der Waals surface area contributed by atoms with Gasteiger partial charge in [0.25, 0.3) is 0 Å². The number of anilines is 3. The smallest absolute Gasteiger partial charge is 0.0543 e. The zero-order valence-corrected chi connectivity index (χ0v) is 21.6. The topological polar surface area (TPSA) is 3.24 Å². The van der Waals surface area contributed by atoms with Crippen LogP contribution in [0.1, 0.15) is 55.4 Å². The number of hydrogen-bond donors (Lipinski definition) is 0. The van der Waals surface area contributed by atoms with Gasteiger partial charge in [-0.25, -0.2) is 0 Å². The highest BCUT2D eigenvalue weighted by Gasteiger charge is 2.29. The Balaban J connectivity index is 1.83. The van der Waals surface area contributed by atoms with E-state index in [-0.39, 0.29) is 0 Å². The molecule has 0 bridgehead atoms. The Morgan fingerprint density at radius 1 is 0.829 bits per heavy atom. The van der Waals surface area contributed by atoms with Crippen LogP contribution in [-0.4, -0.2) is 0 Å². The highest BCUT2D eigenvalue weighted by atomic mass is 15.1. The molecule has 4 aromatic rings. The predicted molar refractivity (Wildman–Crippen MR) is 153 cm³/mol. The van der Waals surface area contributed by atoms with E-state index < -0.39 is 0 Å². The van der Waals surface area contributed by atoms with E-state index in [0.29, 0.717) is 11.8 Å². The molecule has 176 valence electrons. The Kier molecular flexibility index (Phi) is 6.11. The van der Waals surface area contributed by atoms with Gasteiger partial charge in [-0.1, -0.05) is 99.7 Å². The molecule has 0 radical (unpaired) electrons. The zero-order chi connectivity index (χ0) is 24.7. The van der Waals surface area contributed by atoms with Crippen molar-refractivity contribution in [1.82, 2.24) is 0 Å². The standard InChI is InChI=1S/C34H35N/c1-22(2)25(5)19-27-20-26(6)30-21-33(28-15-9-10-16-29(28)34(27)30)35(31-17-11-7-13-23(31)3)32-18-12-8-14-24(32)4/h7-19,21-22,26H,5,20H2,1-4,6H3. The number of benzene rings is 4. The summed E-state index contributed by atoms with van der Waals surface area (Å²) in [4.78, 5) is 2.47. The van der Waals surface area contributed by atoms with E-state index in [9.17, 15) is 0 Å². The lowest BCUT2D eigenvalue weighted by atomic mass is 9.93. The third-order valence-corrected chi connectivity index (χ3v) is 7.49. The van der Waals surface area contributed by atoms with Gasteiger partial charge in [-0.15, -0.1) is 0 Å². The van der Waals surface area contributed by atoms with Crippen LogP contribution < -0.4 is 4.90 Å². The summed E-state index contributed by atoms with van der Waals surface area (Å²) in [6.07, 6.45) is 3.41. The van der Waals surface area contributed by atoms with Crippen molar-refractivity contribution in [3.05, 3.63) is 119 Å². The molecule has 5 rings (SSSR count). The fourth-order valence-electron chi connectivity index (χ4n) is 5.39. The van der Waals surface area contributed by atoms with Crippen molar-refractivity contribution in [2.24, 2.45) is 5.92 Å². The second kappa shape index (κ2) is 9.23. The normalized spacial score (nSPS) is 16.2. The SMILES string of the molecule is C=C(C=C1CC(C)c2cc(N(c3ccccc3C)c3ccccc3C)c3ccccc3c21)C(C)C. The maximum Gasteiger partial charge on any atom is 0.0543 e. The lowest BCUT2D eigenvalue weighted by Crippen LogP contribution is -2.13. The minimum Gasteiger partial charge on any atom is -0.309 e. The number of rotatable bonds is 5. The van der Waals surface area contributed by atoms with Crippen LogP contribution in [-0.2, 0) is 0 Å². The third kappa shape index (κ3) is 4.10. The van der Waals surface area contributed by atoms with Crippen LogP contribution in [0.2, 0.25) is 0 Å². The third-order valence-electron chi connectivity index (χ3n) is 7.49. The molecule has 1 aliphatic rings. The summed E-state index contributed by atoms with van der Waals surface area (Å²) >= 11 is 0. The highest BCUT2D eigenvalue weighted by molar-refractivity contribution is 6.07. The Labute approximate surface area is 210 Å². The molecule has 1 atom stereocenters. The van der Waals surface area contributed by atoms with E-state index in [0.717, 1.165) is 6.42 Å². The number of fused-ring (bicyclic) bond motifs is 3. The van der Waals surface area contributed by atoms with Gasteiger partial charge in [0, 0.05) is 16.8 Å². The van der Waals surface area contributed by atoms with E-state index in [1.807, 2.05) is 0 Å². The van der Waals surface area contributed by atoms with Gasteiger partial charge in [0.1, 0.15) is 0 Å². The average Bonchev–Trinajstić information content (AvgIpc) is 3.16. The van der Waals surface area contributed by atoms with Crippen LogP contribution in [0.3, 0.4) is 0 Å². The molecular formula is C34H35N. The van der Waals surface area contributed by atoms with Crippen LogP contribution in [0.25, 0.3) is 16.3 Å². The molecule has 0 saturated heterocycles. The Bertz CT molecular complexity index is 1410. The van der Waals surface area contributed by atoms with E-state index in [2.05, 4.69) is 131 Å². The summed E-state index contributed by atoms with van der Waals surface area (Å²) in [7, 11) is 0. The fourth-order valence-corrected chi connectivity index (χ4v) is 5.39. The molecule has 0 fully saturated rings. The van der Waals surface area contributed by atoms with Crippen LogP contribution in [0, 0.1) is 19.8 Å².